The fourth-order valence-electron chi connectivity index (χ4n) is 4.71. The molecule has 0 spiro atoms. The first kappa shape index (κ1) is 15.1. The number of aromatic nitrogens is 1. The van der Waals surface area contributed by atoms with E-state index < -0.39 is 0 Å². The molecule has 2 heteroatoms. The predicted molar refractivity (Wildman–Crippen MR) is 122 cm³/mol. The second-order valence-electron chi connectivity index (χ2n) is 7.64. The highest BCUT2D eigenvalue weighted by Crippen LogP contribution is 2.40. The molecule has 0 amide bonds. The van der Waals surface area contributed by atoms with Crippen LogP contribution in [-0.2, 0) is 0 Å². The third kappa shape index (κ3) is 1.98. The largest absolute Gasteiger partial charge is 0.456 e. The molecule has 0 aliphatic heterocycles. The smallest absolute Gasteiger partial charge is 0.136 e. The van der Waals surface area contributed by atoms with Crippen molar-refractivity contribution in [1.29, 1.82) is 0 Å². The van der Waals surface area contributed by atoms with Crippen LogP contribution in [-0.4, -0.2) is 4.98 Å². The Bertz CT molecular complexity index is 1760. The van der Waals surface area contributed by atoms with Crippen LogP contribution in [0.1, 0.15) is 0 Å². The van der Waals surface area contributed by atoms with Crippen LogP contribution in [0.5, 0.6) is 0 Å². The average Bonchev–Trinajstić information content (AvgIpc) is 3.15. The SMILES string of the molecule is c1ccc2cc3c(cc2c1)c1cc2c(cc1c1cccnc13)oc1ccccc12. The van der Waals surface area contributed by atoms with Crippen molar-refractivity contribution in [2.24, 2.45) is 0 Å². The first-order valence-electron chi connectivity index (χ1n) is 9.81. The highest BCUT2D eigenvalue weighted by atomic mass is 16.3. The number of para-hydroxylation sites is 1. The van der Waals surface area contributed by atoms with Gasteiger partial charge >= 0.3 is 0 Å². The van der Waals surface area contributed by atoms with Gasteiger partial charge in [0, 0.05) is 27.7 Å². The molecule has 0 radical (unpaired) electrons. The zero-order valence-electron chi connectivity index (χ0n) is 15.5. The molecular weight excluding hydrogens is 354 g/mol. The normalized spacial score (nSPS) is 12.1. The Morgan fingerprint density at radius 2 is 1.17 bits per heavy atom. The van der Waals surface area contributed by atoms with E-state index >= 15 is 0 Å². The molecule has 0 bridgehead atoms. The fourth-order valence-corrected chi connectivity index (χ4v) is 4.71. The number of hydrogen-bond donors (Lipinski definition) is 0. The van der Waals surface area contributed by atoms with Crippen LogP contribution in [0.25, 0.3) is 65.2 Å². The molecule has 0 aliphatic carbocycles. The Morgan fingerprint density at radius 3 is 2.07 bits per heavy atom. The summed E-state index contributed by atoms with van der Waals surface area (Å²) >= 11 is 0. The van der Waals surface area contributed by atoms with Gasteiger partial charge in [-0.25, -0.2) is 0 Å². The Labute approximate surface area is 166 Å². The van der Waals surface area contributed by atoms with Crippen molar-refractivity contribution in [3.63, 3.8) is 0 Å². The summed E-state index contributed by atoms with van der Waals surface area (Å²) in [6, 6.07) is 30.0. The summed E-state index contributed by atoms with van der Waals surface area (Å²) in [4.78, 5) is 4.76. The van der Waals surface area contributed by atoms with Crippen molar-refractivity contribution >= 4 is 65.2 Å². The van der Waals surface area contributed by atoms with Crippen molar-refractivity contribution in [2.75, 3.05) is 0 Å². The number of fused-ring (bicyclic) bond motifs is 10. The maximum atomic E-state index is 6.17. The quantitative estimate of drug-likeness (QED) is 0.203. The number of nitrogens with zero attached hydrogens (tertiary/aromatic N) is 1. The summed E-state index contributed by atoms with van der Waals surface area (Å²) in [6.07, 6.45) is 1.88. The lowest BCUT2D eigenvalue weighted by atomic mass is 9.93. The molecule has 2 heterocycles. The van der Waals surface area contributed by atoms with Gasteiger partial charge in [-0.15, -0.1) is 0 Å². The monoisotopic (exact) mass is 369 g/mol. The summed E-state index contributed by atoms with van der Waals surface area (Å²) in [5.41, 5.74) is 2.88. The number of pyridine rings is 1. The molecule has 5 aromatic carbocycles. The van der Waals surface area contributed by atoms with Crippen molar-refractivity contribution in [3.8, 4) is 0 Å². The standard InChI is InChI=1S/C27H15NO/c1-2-7-17-13-24-20(12-16(17)6-1)21-14-23-18-8-3-4-10-25(18)29-26(23)15-22(21)19-9-5-11-28-27(19)24/h1-15H. The van der Waals surface area contributed by atoms with Crippen molar-refractivity contribution < 1.29 is 4.42 Å². The van der Waals surface area contributed by atoms with E-state index in [4.69, 9.17) is 9.40 Å². The molecule has 0 fully saturated rings. The molecule has 2 nitrogen and oxygen atoms in total. The molecule has 29 heavy (non-hydrogen) atoms. The van der Waals surface area contributed by atoms with Gasteiger partial charge in [0.15, 0.2) is 0 Å². The number of hydrogen-bond acceptors (Lipinski definition) is 2. The fraction of sp³-hybridized carbons (Fsp3) is 0. The number of benzene rings is 5. The topological polar surface area (TPSA) is 26.0 Å². The van der Waals surface area contributed by atoms with Crippen molar-refractivity contribution in [2.45, 2.75) is 0 Å². The van der Waals surface area contributed by atoms with Gasteiger partial charge < -0.3 is 4.42 Å². The minimum atomic E-state index is 0.920. The maximum Gasteiger partial charge on any atom is 0.136 e. The van der Waals surface area contributed by atoms with Crippen molar-refractivity contribution in [1.82, 2.24) is 4.98 Å². The molecule has 0 unspecified atom stereocenters. The molecule has 0 aliphatic rings. The predicted octanol–water partition coefficient (Wildman–Crippen LogP) is 7.59. The van der Waals surface area contributed by atoms with Crippen LogP contribution in [0.15, 0.2) is 95.5 Å². The van der Waals surface area contributed by atoms with E-state index in [1.807, 2.05) is 24.4 Å². The Balaban J connectivity index is 1.80. The van der Waals surface area contributed by atoms with Gasteiger partial charge in [0.25, 0.3) is 0 Å². The summed E-state index contributed by atoms with van der Waals surface area (Å²) in [7, 11) is 0. The summed E-state index contributed by atoms with van der Waals surface area (Å²) < 4.78 is 6.17. The van der Waals surface area contributed by atoms with Crippen LogP contribution < -0.4 is 0 Å². The van der Waals surface area contributed by atoms with E-state index in [0.29, 0.717) is 0 Å². The highest BCUT2D eigenvalue weighted by molar-refractivity contribution is 6.28. The van der Waals surface area contributed by atoms with Crippen LogP contribution in [0.2, 0.25) is 0 Å². The van der Waals surface area contributed by atoms with Gasteiger partial charge in [-0.05, 0) is 63.3 Å². The molecule has 7 rings (SSSR count). The second kappa shape index (κ2) is 5.33. The van der Waals surface area contributed by atoms with Crippen molar-refractivity contribution in [3.05, 3.63) is 91.1 Å². The van der Waals surface area contributed by atoms with E-state index in [1.165, 1.54) is 32.3 Å². The third-order valence-corrected chi connectivity index (χ3v) is 6.05. The molecular formula is C27H15NO. The maximum absolute atomic E-state index is 6.17. The first-order valence-corrected chi connectivity index (χ1v) is 9.81. The van der Waals surface area contributed by atoms with E-state index in [9.17, 15) is 0 Å². The minimum Gasteiger partial charge on any atom is -0.456 e. The van der Waals surface area contributed by atoms with Gasteiger partial charge in [0.05, 0.1) is 5.52 Å². The van der Waals surface area contributed by atoms with Gasteiger partial charge in [-0.1, -0.05) is 48.5 Å². The Hall–Kier alpha value is -3.91. The second-order valence-corrected chi connectivity index (χ2v) is 7.64. The zero-order valence-corrected chi connectivity index (χ0v) is 15.5. The van der Waals surface area contributed by atoms with Gasteiger partial charge in [-0.2, -0.15) is 0 Å². The van der Waals surface area contributed by atoms with E-state index in [-0.39, 0.29) is 0 Å². The Morgan fingerprint density at radius 1 is 0.483 bits per heavy atom. The molecule has 2 aromatic heterocycles. The lowest BCUT2D eigenvalue weighted by Gasteiger charge is -2.11. The number of rotatable bonds is 0. The van der Waals surface area contributed by atoms with Crippen LogP contribution in [0.4, 0.5) is 0 Å². The molecule has 0 atom stereocenters. The van der Waals surface area contributed by atoms with Crippen LogP contribution in [0.3, 0.4) is 0 Å². The highest BCUT2D eigenvalue weighted by Gasteiger charge is 2.14. The lowest BCUT2D eigenvalue weighted by Crippen LogP contribution is -1.86. The molecule has 7 aromatic rings. The summed E-state index contributed by atoms with van der Waals surface area (Å²) in [5.74, 6) is 0. The van der Waals surface area contributed by atoms with Gasteiger partial charge in [0.2, 0.25) is 0 Å². The number of furan rings is 1. The summed E-state index contributed by atoms with van der Waals surface area (Å²) in [5, 5.41) is 10.8. The lowest BCUT2D eigenvalue weighted by molar-refractivity contribution is 0.669. The summed E-state index contributed by atoms with van der Waals surface area (Å²) in [6.45, 7) is 0. The van der Waals surface area contributed by atoms with Crippen LogP contribution >= 0.6 is 0 Å². The van der Waals surface area contributed by atoms with E-state index in [1.54, 1.807) is 0 Å². The van der Waals surface area contributed by atoms with Gasteiger partial charge in [0.1, 0.15) is 11.2 Å². The third-order valence-electron chi connectivity index (χ3n) is 6.05. The Kier molecular flexibility index (Phi) is 2.77. The molecule has 0 saturated carbocycles. The minimum absolute atomic E-state index is 0.920. The molecule has 0 N–H and O–H groups in total. The van der Waals surface area contributed by atoms with Gasteiger partial charge in [-0.3, -0.25) is 4.98 Å². The molecule has 0 saturated heterocycles. The van der Waals surface area contributed by atoms with E-state index in [0.717, 1.165) is 32.8 Å². The first-order chi connectivity index (χ1) is 14.4. The zero-order chi connectivity index (χ0) is 18.9. The van der Waals surface area contributed by atoms with E-state index in [2.05, 4.69) is 66.7 Å². The molecule has 134 valence electrons. The average molecular weight is 369 g/mol. The van der Waals surface area contributed by atoms with Crippen LogP contribution in [0, 0.1) is 0 Å².